The predicted octanol–water partition coefficient (Wildman–Crippen LogP) is 3.77. The number of hydrogen-bond acceptors (Lipinski definition) is 2. The Morgan fingerprint density at radius 2 is 2.06 bits per heavy atom. The largest absolute Gasteiger partial charge is 0.388 e. The van der Waals surface area contributed by atoms with Crippen molar-refractivity contribution in [2.24, 2.45) is 0 Å². The van der Waals surface area contributed by atoms with Crippen LogP contribution in [0, 0.1) is 6.92 Å². The highest BCUT2D eigenvalue weighted by atomic mass is 16.3. The maximum atomic E-state index is 10.2. The summed E-state index contributed by atoms with van der Waals surface area (Å²) in [6.45, 7) is 4.12. The van der Waals surface area contributed by atoms with Crippen molar-refractivity contribution >= 4 is 10.9 Å². The van der Waals surface area contributed by atoms with Gasteiger partial charge in [-0.2, -0.15) is 0 Å². The van der Waals surface area contributed by atoms with Crippen molar-refractivity contribution < 1.29 is 5.11 Å². The number of rotatable bonds is 4. The number of hydrogen-bond donors (Lipinski definition) is 1. The summed E-state index contributed by atoms with van der Waals surface area (Å²) in [6.07, 6.45) is 2.61. The molecule has 1 N–H and O–H groups in total. The summed E-state index contributed by atoms with van der Waals surface area (Å²) in [7, 11) is 0. The fraction of sp³-hybridized carbons (Fsp3) is 0.400. The number of aromatic nitrogens is 1. The molecule has 0 bridgehead atoms. The summed E-state index contributed by atoms with van der Waals surface area (Å²) in [5, 5.41) is 11.3. The first-order chi connectivity index (χ1) is 8.22. The number of aryl methyl sites for hydroxylation is 1. The van der Waals surface area contributed by atoms with Crippen LogP contribution in [-0.4, -0.2) is 10.1 Å². The van der Waals surface area contributed by atoms with Crippen LogP contribution in [0.2, 0.25) is 0 Å². The molecule has 0 aliphatic heterocycles. The van der Waals surface area contributed by atoms with Gasteiger partial charge < -0.3 is 5.11 Å². The molecule has 1 aromatic heterocycles. The zero-order valence-corrected chi connectivity index (χ0v) is 10.5. The molecule has 1 heterocycles. The number of benzene rings is 1. The maximum absolute atomic E-state index is 10.2. The second kappa shape index (κ2) is 5.28. The van der Waals surface area contributed by atoms with Gasteiger partial charge in [0.2, 0.25) is 0 Å². The van der Waals surface area contributed by atoms with E-state index in [1.54, 1.807) is 0 Å². The van der Waals surface area contributed by atoms with Crippen molar-refractivity contribution in [3.8, 4) is 0 Å². The van der Waals surface area contributed by atoms with Gasteiger partial charge in [-0.1, -0.05) is 38.0 Å². The Morgan fingerprint density at radius 3 is 2.82 bits per heavy atom. The van der Waals surface area contributed by atoms with E-state index in [-0.39, 0.29) is 6.10 Å². The number of aliphatic hydroxyl groups excluding tert-OH is 1. The third-order valence-electron chi connectivity index (χ3n) is 3.07. The third-order valence-corrected chi connectivity index (χ3v) is 3.07. The van der Waals surface area contributed by atoms with E-state index in [4.69, 9.17) is 0 Å². The van der Waals surface area contributed by atoms with Crippen molar-refractivity contribution in [3.63, 3.8) is 0 Å². The number of para-hydroxylation sites is 1. The maximum Gasteiger partial charge on any atom is 0.0797 e. The first-order valence-electron chi connectivity index (χ1n) is 6.26. The van der Waals surface area contributed by atoms with Gasteiger partial charge in [-0.25, -0.2) is 0 Å². The van der Waals surface area contributed by atoms with E-state index in [0.29, 0.717) is 0 Å². The molecule has 0 spiro atoms. The highest BCUT2D eigenvalue weighted by Crippen LogP contribution is 2.27. The molecule has 2 aromatic rings. The summed E-state index contributed by atoms with van der Waals surface area (Å²) < 4.78 is 0. The monoisotopic (exact) mass is 229 g/mol. The number of nitrogens with zero attached hydrogens (tertiary/aromatic N) is 1. The summed E-state index contributed by atoms with van der Waals surface area (Å²) >= 11 is 0. The molecule has 2 heteroatoms. The second-order valence-electron chi connectivity index (χ2n) is 4.53. The van der Waals surface area contributed by atoms with Gasteiger partial charge in [-0.05, 0) is 31.0 Å². The van der Waals surface area contributed by atoms with Crippen LogP contribution < -0.4 is 0 Å². The van der Waals surface area contributed by atoms with Crippen molar-refractivity contribution in [3.05, 3.63) is 41.6 Å². The zero-order chi connectivity index (χ0) is 12.3. The molecule has 0 saturated carbocycles. The molecule has 0 aliphatic carbocycles. The zero-order valence-electron chi connectivity index (χ0n) is 10.5. The van der Waals surface area contributed by atoms with E-state index in [0.717, 1.165) is 41.4 Å². The van der Waals surface area contributed by atoms with Crippen molar-refractivity contribution in [1.82, 2.24) is 4.98 Å². The molecule has 1 unspecified atom stereocenters. The minimum absolute atomic E-state index is 0.374. The van der Waals surface area contributed by atoms with E-state index in [2.05, 4.69) is 11.9 Å². The molecular formula is C15H19NO. The van der Waals surface area contributed by atoms with Gasteiger partial charge in [0.25, 0.3) is 0 Å². The van der Waals surface area contributed by atoms with E-state index < -0.39 is 0 Å². The summed E-state index contributed by atoms with van der Waals surface area (Å²) in [6, 6.07) is 10.0. The molecule has 2 nitrogen and oxygen atoms in total. The van der Waals surface area contributed by atoms with Crippen molar-refractivity contribution in [2.45, 2.75) is 39.2 Å². The minimum Gasteiger partial charge on any atom is -0.388 e. The lowest BCUT2D eigenvalue weighted by atomic mass is 9.99. The average molecular weight is 229 g/mol. The Kier molecular flexibility index (Phi) is 3.75. The average Bonchev–Trinajstić information content (AvgIpc) is 2.34. The number of pyridine rings is 1. The first-order valence-corrected chi connectivity index (χ1v) is 6.26. The SMILES string of the molecule is CCCCC(O)c1cc(C)nc2ccccc12. The second-order valence-corrected chi connectivity index (χ2v) is 4.53. The Labute approximate surface area is 102 Å². The molecule has 1 aromatic carbocycles. The van der Waals surface area contributed by atoms with E-state index in [1.165, 1.54) is 0 Å². The molecule has 0 radical (unpaired) electrons. The first kappa shape index (κ1) is 12.1. The highest BCUT2D eigenvalue weighted by Gasteiger charge is 2.11. The quantitative estimate of drug-likeness (QED) is 0.865. The molecule has 0 fully saturated rings. The fourth-order valence-corrected chi connectivity index (χ4v) is 2.17. The topological polar surface area (TPSA) is 33.1 Å². The Morgan fingerprint density at radius 1 is 1.29 bits per heavy atom. The van der Waals surface area contributed by atoms with Gasteiger partial charge in [-0.15, -0.1) is 0 Å². The Balaban J connectivity index is 2.44. The lowest BCUT2D eigenvalue weighted by molar-refractivity contribution is 0.165. The number of aliphatic hydroxyl groups is 1. The van der Waals surface area contributed by atoms with Gasteiger partial charge in [0.15, 0.2) is 0 Å². The molecule has 2 rings (SSSR count). The summed E-state index contributed by atoms with van der Waals surface area (Å²) in [5.41, 5.74) is 2.95. The lowest BCUT2D eigenvalue weighted by Gasteiger charge is -2.14. The van der Waals surface area contributed by atoms with Crippen LogP contribution >= 0.6 is 0 Å². The van der Waals surface area contributed by atoms with Crippen LogP contribution in [0.15, 0.2) is 30.3 Å². The van der Waals surface area contributed by atoms with Gasteiger partial charge in [0, 0.05) is 11.1 Å². The molecule has 0 amide bonds. The van der Waals surface area contributed by atoms with E-state index in [9.17, 15) is 5.11 Å². The third kappa shape index (κ3) is 2.64. The predicted molar refractivity (Wildman–Crippen MR) is 71.0 cm³/mol. The van der Waals surface area contributed by atoms with Gasteiger partial charge >= 0.3 is 0 Å². The van der Waals surface area contributed by atoms with Crippen molar-refractivity contribution in [1.29, 1.82) is 0 Å². The molecule has 0 aliphatic rings. The van der Waals surface area contributed by atoms with Gasteiger partial charge in [0.1, 0.15) is 0 Å². The molecular weight excluding hydrogens is 210 g/mol. The number of unbranched alkanes of at least 4 members (excludes halogenated alkanes) is 1. The fourth-order valence-electron chi connectivity index (χ4n) is 2.17. The van der Waals surface area contributed by atoms with Crippen LogP contribution in [0.4, 0.5) is 0 Å². The normalized spacial score (nSPS) is 12.9. The van der Waals surface area contributed by atoms with Gasteiger partial charge in [-0.3, -0.25) is 4.98 Å². The van der Waals surface area contributed by atoms with Gasteiger partial charge in [0.05, 0.1) is 11.6 Å². The molecule has 0 saturated heterocycles. The minimum atomic E-state index is -0.374. The van der Waals surface area contributed by atoms with Crippen LogP contribution in [-0.2, 0) is 0 Å². The Hall–Kier alpha value is -1.41. The summed E-state index contributed by atoms with van der Waals surface area (Å²) in [5.74, 6) is 0. The van der Waals surface area contributed by atoms with Crippen LogP contribution in [0.5, 0.6) is 0 Å². The van der Waals surface area contributed by atoms with E-state index >= 15 is 0 Å². The molecule has 1 atom stereocenters. The standard InChI is InChI=1S/C15H19NO/c1-3-4-9-15(17)13-10-11(2)16-14-8-6-5-7-12(13)14/h5-8,10,15,17H,3-4,9H2,1-2H3. The molecule has 90 valence electrons. The number of fused-ring (bicyclic) bond motifs is 1. The lowest BCUT2D eigenvalue weighted by Crippen LogP contribution is -2.00. The van der Waals surface area contributed by atoms with Crippen LogP contribution in [0.1, 0.15) is 43.5 Å². The molecule has 17 heavy (non-hydrogen) atoms. The van der Waals surface area contributed by atoms with Crippen LogP contribution in [0.3, 0.4) is 0 Å². The van der Waals surface area contributed by atoms with Crippen LogP contribution in [0.25, 0.3) is 10.9 Å². The highest BCUT2D eigenvalue weighted by molar-refractivity contribution is 5.82. The smallest absolute Gasteiger partial charge is 0.0797 e. The van der Waals surface area contributed by atoms with Crippen molar-refractivity contribution in [2.75, 3.05) is 0 Å². The Bertz CT molecular complexity index is 507. The van der Waals surface area contributed by atoms with E-state index in [1.807, 2.05) is 37.3 Å². The summed E-state index contributed by atoms with van der Waals surface area (Å²) in [4.78, 5) is 4.49.